The van der Waals surface area contributed by atoms with Crippen LogP contribution in [0.2, 0.25) is 0 Å². The lowest BCUT2D eigenvalue weighted by molar-refractivity contribution is -0.386. The molecule has 0 aliphatic carbocycles. The summed E-state index contributed by atoms with van der Waals surface area (Å²) in [5.74, 6) is -3.91. The van der Waals surface area contributed by atoms with Gasteiger partial charge in [0.1, 0.15) is 11.5 Å². The molecule has 108 valence electrons. The zero-order chi connectivity index (χ0) is 14.9. The van der Waals surface area contributed by atoms with Gasteiger partial charge in [0, 0.05) is 25.2 Å². The summed E-state index contributed by atoms with van der Waals surface area (Å²) in [4.78, 5) is 22.3. The van der Waals surface area contributed by atoms with E-state index in [-0.39, 0.29) is 12.2 Å². The Kier molecular flexibility index (Phi) is 3.82. The van der Waals surface area contributed by atoms with Crippen molar-refractivity contribution in [1.82, 2.24) is 0 Å². The van der Waals surface area contributed by atoms with Crippen LogP contribution in [-0.4, -0.2) is 29.1 Å². The number of benzene rings is 1. The number of carboxylic acids is 1. The standard InChI is InChI=1S/C12H12F2N2O4/c13-8-4-9(14)11(16(19)20)10(5-8)15-3-1-2-7(6-15)12(17)18/h4-5,7H,1-3,6H2,(H,17,18). The number of halogens is 2. The molecule has 8 heteroatoms. The summed E-state index contributed by atoms with van der Waals surface area (Å²) < 4.78 is 26.8. The number of rotatable bonds is 3. The Hall–Kier alpha value is -2.25. The Morgan fingerprint density at radius 1 is 1.45 bits per heavy atom. The fourth-order valence-corrected chi connectivity index (χ4v) is 2.37. The van der Waals surface area contributed by atoms with Gasteiger partial charge in [-0.15, -0.1) is 0 Å². The van der Waals surface area contributed by atoms with E-state index in [9.17, 15) is 23.7 Å². The molecular weight excluding hydrogens is 274 g/mol. The second-order valence-electron chi connectivity index (χ2n) is 4.64. The van der Waals surface area contributed by atoms with Crippen molar-refractivity contribution in [2.24, 2.45) is 5.92 Å². The van der Waals surface area contributed by atoms with E-state index in [2.05, 4.69) is 0 Å². The average Bonchev–Trinajstić information content (AvgIpc) is 2.37. The van der Waals surface area contributed by atoms with E-state index in [1.54, 1.807) is 0 Å². The van der Waals surface area contributed by atoms with Crippen molar-refractivity contribution in [3.8, 4) is 0 Å². The molecular formula is C12H12F2N2O4. The third-order valence-electron chi connectivity index (χ3n) is 3.30. The van der Waals surface area contributed by atoms with Crippen molar-refractivity contribution in [3.05, 3.63) is 33.9 Å². The lowest BCUT2D eigenvalue weighted by atomic mass is 9.97. The number of piperidine rings is 1. The number of carbonyl (C=O) groups is 1. The van der Waals surface area contributed by atoms with Crippen molar-refractivity contribution in [3.63, 3.8) is 0 Å². The summed E-state index contributed by atoms with van der Waals surface area (Å²) in [7, 11) is 0. The van der Waals surface area contributed by atoms with Crippen molar-refractivity contribution < 1.29 is 23.6 Å². The van der Waals surface area contributed by atoms with Crippen molar-refractivity contribution in [1.29, 1.82) is 0 Å². The van der Waals surface area contributed by atoms with Gasteiger partial charge < -0.3 is 10.0 Å². The topological polar surface area (TPSA) is 83.7 Å². The SMILES string of the molecule is O=C(O)C1CCCN(c2cc(F)cc(F)c2[N+](=O)[O-])C1. The Bertz CT molecular complexity index is 565. The van der Waals surface area contributed by atoms with Crippen LogP contribution in [-0.2, 0) is 4.79 Å². The smallest absolute Gasteiger partial charge is 0.328 e. The normalized spacial score (nSPS) is 18.9. The predicted octanol–water partition coefficient (Wildman–Crippen LogP) is 2.17. The molecule has 20 heavy (non-hydrogen) atoms. The minimum absolute atomic E-state index is 0.000926. The molecule has 0 saturated carbocycles. The molecule has 1 aromatic carbocycles. The molecule has 1 fully saturated rings. The van der Waals surface area contributed by atoms with Gasteiger partial charge in [0.25, 0.3) is 0 Å². The zero-order valence-corrected chi connectivity index (χ0v) is 10.4. The number of nitro groups is 1. The van der Waals surface area contributed by atoms with E-state index in [0.29, 0.717) is 25.5 Å². The Labute approximate surface area is 112 Å². The van der Waals surface area contributed by atoms with Crippen LogP contribution in [0.4, 0.5) is 20.2 Å². The van der Waals surface area contributed by atoms with Gasteiger partial charge in [-0.1, -0.05) is 0 Å². The molecule has 1 aromatic rings. The maximum atomic E-state index is 13.5. The van der Waals surface area contributed by atoms with E-state index in [1.165, 1.54) is 4.90 Å². The second kappa shape index (κ2) is 5.40. The molecule has 0 aromatic heterocycles. The zero-order valence-electron chi connectivity index (χ0n) is 10.4. The fraction of sp³-hybridized carbons (Fsp3) is 0.417. The molecule has 1 unspecified atom stereocenters. The van der Waals surface area contributed by atoms with E-state index >= 15 is 0 Å². The number of nitrogens with zero attached hydrogens (tertiary/aromatic N) is 2. The number of hydrogen-bond donors (Lipinski definition) is 1. The molecule has 0 bridgehead atoms. The van der Waals surface area contributed by atoms with Crippen molar-refractivity contribution >= 4 is 17.3 Å². The molecule has 1 aliphatic rings. The second-order valence-corrected chi connectivity index (χ2v) is 4.64. The summed E-state index contributed by atoms with van der Waals surface area (Å²) in [5.41, 5.74) is -1.03. The minimum Gasteiger partial charge on any atom is -0.481 e. The quantitative estimate of drug-likeness (QED) is 0.680. The van der Waals surface area contributed by atoms with Gasteiger partial charge in [0.15, 0.2) is 0 Å². The average molecular weight is 286 g/mol. The van der Waals surface area contributed by atoms with E-state index in [1.807, 2.05) is 0 Å². The lowest BCUT2D eigenvalue weighted by Gasteiger charge is -2.32. The van der Waals surface area contributed by atoms with Gasteiger partial charge in [-0.05, 0) is 12.8 Å². The predicted molar refractivity (Wildman–Crippen MR) is 65.6 cm³/mol. The number of aliphatic carboxylic acids is 1. The lowest BCUT2D eigenvalue weighted by Crippen LogP contribution is -2.39. The van der Waals surface area contributed by atoms with Crippen molar-refractivity contribution in [2.45, 2.75) is 12.8 Å². The van der Waals surface area contributed by atoms with Gasteiger partial charge in [-0.3, -0.25) is 14.9 Å². The van der Waals surface area contributed by atoms with Crippen LogP contribution in [0.3, 0.4) is 0 Å². The first kappa shape index (κ1) is 14.2. The summed E-state index contributed by atoms with van der Waals surface area (Å²) in [5, 5.41) is 19.9. The van der Waals surface area contributed by atoms with Crippen LogP contribution in [0, 0.1) is 27.7 Å². The third kappa shape index (κ3) is 2.68. The molecule has 0 amide bonds. The first-order chi connectivity index (χ1) is 9.40. The molecule has 2 rings (SSSR count). The first-order valence-electron chi connectivity index (χ1n) is 6.01. The summed E-state index contributed by atoms with van der Waals surface area (Å²) >= 11 is 0. The fourth-order valence-electron chi connectivity index (χ4n) is 2.37. The summed E-state index contributed by atoms with van der Waals surface area (Å²) in [6.45, 7) is 0.326. The highest BCUT2D eigenvalue weighted by Crippen LogP contribution is 2.34. The minimum atomic E-state index is -1.26. The molecule has 6 nitrogen and oxygen atoms in total. The van der Waals surface area contributed by atoms with Gasteiger partial charge in [-0.2, -0.15) is 4.39 Å². The molecule has 1 N–H and O–H groups in total. The monoisotopic (exact) mass is 286 g/mol. The summed E-state index contributed by atoms with van der Waals surface area (Å²) in [6, 6.07) is 1.31. The highest BCUT2D eigenvalue weighted by atomic mass is 19.1. The molecule has 1 atom stereocenters. The largest absolute Gasteiger partial charge is 0.481 e. The van der Waals surface area contributed by atoms with Crippen LogP contribution in [0.25, 0.3) is 0 Å². The third-order valence-corrected chi connectivity index (χ3v) is 3.30. The van der Waals surface area contributed by atoms with Gasteiger partial charge >= 0.3 is 11.7 Å². The Morgan fingerprint density at radius 3 is 2.75 bits per heavy atom. The van der Waals surface area contributed by atoms with Crippen LogP contribution in [0.5, 0.6) is 0 Å². The van der Waals surface area contributed by atoms with Crippen LogP contribution >= 0.6 is 0 Å². The molecule has 1 saturated heterocycles. The van der Waals surface area contributed by atoms with Crippen LogP contribution in [0.15, 0.2) is 12.1 Å². The van der Waals surface area contributed by atoms with Gasteiger partial charge in [-0.25, -0.2) is 4.39 Å². The van der Waals surface area contributed by atoms with Gasteiger partial charge in [0.2, 0.25) is 5.82 Å². The van der Waals surface area contributed by atoms with Crippen LogP contribution in [0.1, 0.15) is 12.8 Å². The Morgan fingerprint density at radius 2 is 2.15 bits per heavy atom. The highest BCUT2D eigenvalue weighted by Gasteiger charge is 2.31. The van der Waals surface area contributed by atoms with Gasteiger partial charge in [0.05, 0.1) is 10.8 Å². The number of nitro benzene ring substituents is 1. The number of carboxylic acid groups (broad SMARTS) is 1. The number of anilines is 1. The molecule has 1 heterocycles. The van der Waals surface area contributed by atoms with E-state index in [0.717, 1.165) is 6.07 Å². The molecule has 0 radical (unpaired) electrons. The van der Waals surface area contributed by atoms with E-state index < -0.39 is 34.1 Å². The Balaban J connectivity index is 2.41. The van der Waals surface area contributed by atoms with Crippen LogP contribution < -0.4 is 4.90 Å². The van der Waals surface area contributed by atoms with Crippen molar-refractivity contribution in [2.75, 3.05) is 18.0 Å². The maximum absolute atomic E-state index is 13.5. The highest BCUT2D eigenvalue weighted by molar-refractivity contribution is 5.72. The first-order valence-corrected chi connectivity index (χ1v) is 6.01. The summed E-state index contributed by atoms with van der Waals surface area (Å²) in [6.07, 6.45) is 0.934. The maximum Gasteiger partial charge on any atom is 0.328 e. The molecule has 0 spiro atoms. The van der Waals surface area contributed by atoms with E-state index in [4.69, 9.17) is 5.11 Å². The molecule has 1 aliphatic heterocycles. The number of hydrogen-bond acceptors (Lipinski definition) is 4.